The first-order chi connectivity index (χ1) is 7.59. The maximum Gasteiger partial charge on any atom is 0.222 e. The van der Waals surface area contributed by atoms with Crippen LogP contribution in [0.4, 0.5) is 0 Å². The van der Waals surface area contributed by atoms with Crippen LogP contribution in [0.5, 0.6) is 0 Å². The second-order valence-electron chi connectivity index (χ2n) is 4.79. The van der Waals surface area contributed by atoms with Gasteiger partial charge in [0.15, 0.2) is 0 Å². The van der Waals surface area contributed by atoms with Crippen LogP contribution in [0.2, 0.25) is 0 Å². The van der Waals surface area contributed by atoms with Crippen molar-refractivity contribution in [1.82, 2.24) is 10.2 Å². The van der Waals surface area contributed by atoms with Crippen molar-refractivity contribution in [2.75, 3.05) is 19.6 Å². The molecule has 1 fully saturated rings. The van der Waals surface area contributed by atoms with Crippen LogP contribution in [-0.2, 0) is 9.59 Å². The first-order valence-corrected chi connectivity index (χ1v) is 6.14. The van der Waals surface area contributed by atoms with E-state index in [2.05, 4.69) is 5.32 Å². The summed E-state index contributed by atoms with van der Waals surface area (Å²) in [6.45, 7) is 6.13. The van der Waals surface area contributed by atoms with Gasteiger partial charge in [0.2, 0.25) is 11.8 Å². The molecule has 0 aromatic heterocycles. The number of nitrogens with zero attached hydrogens (tertiary/aromatic N) is 1. The van der Waals surface area contributed by atoms with Crippen LogP contribution in [-0.4, -0.2) is 36.3 Å². The van der Waals surface area contributed by atoms with Gasteiger partial charge < -0.3 is 10.2 Å². The molecule has 1 heterocycles. The largest absolute Gasteiger partial charge is 0.354 e. The predicted octanol–water partition coefficient (Wildman–Crippen LogP) is 1.16. The monoisotopic (exact) mass is 226 g/mol. The first kappa shape index (κ1) is 13.0. The molecule has 0 spiro atoms. The fraction of sp³-hybridized carbons (Fsp3) is 0.833. The SMILES string of the molecule is CC(C)CC(=O)NCCN1CCCCC1=O. The lowest BCUT2D eigenvalue weighted by atomic mass is 10.1. The quantitative estimate of drug-likeness (QED) is 0.765. The number of nitrogens with one attached hydrogen (secondary N) is 1. The fourth-order valence-electron chi connectivity index (χ4n) is 1.87. The highest BCUT2D eigenvalue weighted by atomic mass is 16.2. The number of amides is 2. The summed E-state index contributed by atoms with van der Waals surface area (Å²) in [4.78, 5) is 24.7. The van der Waals surface area contributed by atoms with Gasteiger partial charge >= 0.3 is 0 Å². The summed E-state index contributed by atoms with van der Waals surface area (Å²) in [5, 5.41) is 2.85. The molecular weight excluding hydrogens is 204 g/mol. The van der Waals surface area contributed by atoms with Crippen molar-refractivity contribution in [3.05, 3.63) is 0 Å². The van der Waals surface area contributed by atoms with E-state index in [1.807, 2.05) is 18.7 Å². The van der Waals surface area contributed by atoms with Gasteiger partial charge in [-0.1, -0.05) is 13.8 Å². The van der Waals surface area contributed by atoms with Gasteiger partial charge in [0.25, 0.3) is 0 Å². The average molecular weight is 226 g/mol. The summed E-state index contributed by atoms with van der Waals surface area (Å²) < 4.78 is 0. The Kier molecular flexibility index (Phi) is 5.29. The molecule has 2 amide bonds. The zero-order chi connectivity index (χ0) is 12.0. The number of carbonyl (C=O) groups is 2. The Morgan fingerprint density at radius 2 is 2.19 bits per heavy atom. The maximum absolute atomic E-state index is 11.5. The maximum atomic E-state index is 11.5. The molecule has 0 radical (unpaired) electrons. The third-order valence-corrected chi connectivity index (χ3v) is 2.72. The van der Waals surface area contributed by atoms with Crippen LogP contribution >= 0.6 is 0 Å². The molecule has 0 aromatic rings. The minimum Gasteiger partial charge on any atom is -0.354 e. The van der Waals surface area contributed by atoms with Crippen molar-refractivity contribution in [2.45, 2.75) is 39.5 Å². The van der Waals surface area contributed by atoms with E-state index in [4.69, 9.17) is 0 Å². The van der Waals surface area contributed by atoms with Crippen molar-refractivity contribution in [2.24, 2.45) is 5.92 Å². The molecule has 0 aromatic carbocycles. The van der Waals surface area contributed by atoms with E-state index in [1.54, 1.807) is 0 Å². The second-order valence-corrected chi connectivity index (χ2v) is 4.79. The highest BCUT2D eigenvalue weighted by molar-refractivity contribution is 5.77. The third-order valence-electron chi connectivity index (χ3n) is 2.72. The molecule has 1 N–H and O–H groups in total. The predicted molar refractivity (Wildman–Crippen MR) is 62.9 cm³/mol. The van der Waals surface area contributed by atoms with E-state index in [9.17, 15) is 9.59 Å². The molecule has 92 valence electrons. The van der Waals surface area contributed by atoms with Crippen molar-refractivity contribution in [3.63, 3.8) is 0 Å². The molecule has 4 heteroatoms. The topological polar surface area (TPSA) is 49.4 Å². The van der Waals surface area contributed by atoms with Crippen LogP contribution in [0, 0.1) is 5.92 Å². The smallest absolute Gasteiger partial charge is 0.222 e. The Morgan fingerprint density at radius 3 is 2.81 bits per heavy atom. The van der Waals surface area contributed by atoms with Crippen molar-refractivity contribution in [3.8, 4) is 0 Å². The molecule has 1 rings (SSSR count). The molecule has 0 atom stereocenters. The molecular formula is C12H22N2O2. The summed E-state index contributed by atoms with van der Waals surface area (Å²) in [7, 11) is 0. The number of hydrogen-bond acceptors (Lipinski definition) is 2. The minimum atomic E-state index is 0.0828. The average Bonchev–Trinajstić information content (AvgIpc) is 2.19. The second kappa shape index (κ2) is 6.51. The van der Waals surface area contributed by atoms with Gasteiger partial charge in [-0.25, -0.2) is 0 Å². The molecule has 0 aliphatic carbocycles. The van der Waals surface area contributed by atoms with E-state index in [0.29, 0.717) is 31.8 Å². The van der Waals surface area contributed by atoms with Gasteiger partial charge in [0.1, 0.15) is 0 Å². The Hall–Kier alpha value is -1.06. The highest BCUT2D eigenvalue weighted by Crippen LogP contribution is 2.09. The lowest BCUT2D eigenvalue weighted by Crippen LogP contribution is -2.41. The van der Waals surface area contributed by atoms with Gasteiger partial charge in [-0.2, -0.15) is 0 Å². The Balaban J connectivity index is 2.14. The molecule has 1 aliphatic heterocycles. The van der Waals surface area contributed by atoms with E-state index in [-0.39, 0.29) is 11.8 Å². The van der Waals surface area contributed by atoms with Gasteiger partial charge in [-0.05, 0) is 18.8 Å². The lowest BCUT2D eigenvalue weighted by Gasteiger charge is -2.26. The van der Waals surface area contributed by atoms with E-state index < -0.39 is 0 Å². The Bertz CT molecular complexity index is 251. The van der Waals surface area contributed by atoms with Crippen LogP contribution in [0.1, 0.15) is 39.5 Å². The van der Waals surface area contributed by atoms with E-state index in [1.165, 1.54) is 0 Å². The zero-order valence-electron chi connectivity index (χ0n) is 10.3. The van der Waals surface area contributed by atoms with Gasteiger partial charge in [0, 0.05) is 32.5 Å². The Morgan fingerprint density at radius 1 is 1.44 bits per heavy atom. The fourth-order valence-corrected chi connectivity index (χ4v) is 1.87. The molecule has 1 saturated heterocycles. The van der Waals surface area contributed by atoms with Crippen LogP contribution in [0.15, 0.2) is 0 Å². The van der Waals surface area contributed by atoms with Crippen LogP contribution < -0.4 is 5.32 Å². The summed E-state index contributed by atoms with van der Waals surface area (Å²) >= 11 is 0. The van der Waals surface area contributed by atoms with Crippen molar-refractivity contribution in [1.29, 1.82) is 0 Å². The molecule has 0 unspecified atom stereocenters. The number of hydrogen-bond donors (Lipinski definition) is 1. The molecule has 0 saturated carbocycles. The molecule has 16 heavy (non-hydrogen) atoms. The zero-order valence-corrected chi connectivity index (χ0v) is 10.3. The number of carbonyl (C=O) groups excluding carboxylic acids is 2. The lowest BCUT2D eigenvalue weighted by molar-refractivity contribution is -0.133. The first-order valence-electron chi connectivity index (χ1n) is 6.14. The summed E-state index contributed by atoms with van der Waals surface area (Å²) in [6.07, 6.45) is 3.33. The molecule has 4 nitrogen and oxygen atoms in total. The van der Waals surface area contributed by atoms with Gasteiger partial charge in [-0.3, -0.25) is 9.59 Å². The van der Waals surface area contributed by atoms with Gasteiger partial charge in [0.05, 0.1) is 0 Å². The normalized spacial score (nSPS) is 16.7. The molecule has 1 aliphatic rings. The van der Waals surface area contributed by atoms with Crippen molar-refractivity contribution >= 4 is 11.8 Å². The summed E-state index contributed by atoms with van der Waals surface area (Å²) in [5.41, 5.74) is 0. The van der Waals surface area contributed by atoms with Gasteiger partial charge in [-0.15, -0.1) is 0 Å². The standard InChI is InChI=1S/C12H22N2O2/c1-10(2)9-11(15)13-6-8-14-7-4-3-5-12(14)16/h10H,3-9H2,1-2H3,(H,13,15). The van der Waals surface area contributed by atoms with Crippen LogP contribution in [0.3, 0.4) is 0 Å². The number of likely N-dealkylation sites (tertiary alicyclic amines) is 1. The minimum absolute atomic E-state index is 0.0828. The summed E-state index contributed by atoms with van der Waals surface area (Å²) in [6, 6.07) is 0. The Labute approximate surface area is 97.4 Å². The highest BCUT2D eigenvalue weighted by Gasteiger charge is 2.17. The van der Waals surface area contributed by atoms with E-state index in [0.717, 1.165) is 19.4 Å². The summed E-state index contributed by atoms with van der Waals surface area (Å²) in [5.74, 6) is 0.695. The van der Waals surface area contributed by atoms with Crippen LogP contribution in [0.25, 0.3) is 0 Å². The third kappa shape index (κ3) is 4.64. The van der Waals surface area contributed by atoms with E-state index >= 15 is 0 Å². The van der Waals surface area contributed by atoms with Crippen molar-refractivity contribution < 1.29 is 9.59 Å². The number of piperidine rings is 1. The number of rotatable bonds is 5. The molecule has 0 bridgehead atoms.